The van der Waals surface area contributed by atoms with E-state index >= 15 is 0 Å². The van der Waals surface area contributed by atoms with Crippen LogP contribution in [-0.2, 0) is 11.3 Å². The smallest absolute Gasteiger partial charge is 0.0587 e. The van der Waals surface area contributed by atoms with Gasteiger partial charge in [-0.15, -0.1) is 0 Å². The van der Waals surface area contributed by atoms with E-state index in [1.54, 1.807) is 7.11 Å². The number of methoxy groups -OCH3 is 1. The lowest BCUT2D eigenvalue weighted by molar-refractivity contribution is 0.199. The van der Waals surface area contributed by atoms with Gasteiger partial charge in [-0.3, -0.25) is 0 Å². The summed E-state index contributed by atoms with van der Waals surface area (Å²) in [6.07, 6.45) is 0. The average molecular weight is 214 g/mol. The molecule has 78 valence electrons. The predicted octanol–water partition coefficient (Wildman–Crippen LogP) is 2.38. The number of aryl methyl sites for hydroxylation is 1. The first-order valence-corrected chi connectivity index (χ1v) is 5.06. The quantitative estimate of drug-likeness (QED) is 0.759. The van der Waals surface area contributed by atoms with E-state index in [1.165, 1.54) is 11.1 Å². The van der Waals surface area contributed by atoms with E-state index in [2.05, 4.69) is 11.4 Å². The lowest BCUT2D eigenvalue weighted by Crippen LogP contribution is -2.18. The molecule has 0 aliphatic carbocycles. The van der Waals surface area contributed by atoms with E-state index in [0.717, 1.165) is 24.7 Å². The molecule has 0 bridgehead atoms. The molecule has 1 aromatic rings. The van der Waals surface area contributed by atoms with Gasteiger partial charge in [0, 0.05) is 25.2 Å². The van der Waals surface area contributed by atoms with Crippen molar-refractivity contribution in [1.29, 1.82) is 0 Å². The van der Waals surface area contributed by atoms with Crippen LogP contribution in [0.4, 0.5) is 0 Å². The molecule has 1 aromatic carbocycles. The van der Waals surface area contributed by atoms with E-state index in [1.807, 2.05) is 19.1 Å². The summed E-state index contributed by atoms with van der Waals surface area (Å²) in [5.41, 5.74) is 2.41. The number of halogens is 1. The Hall–Kier alpha value is -0.570. The summed E-state index contributed by atoms with van der Waals surface area (Å²) in [7, 11) is 1.70. The van der Waals surface area contributed by atoms with Crippen LogP contribution >= 0.6 is 11.6 Å². The van der Waals surface area contributed by atoms with Crippen LogP contribution < -0.4 is 5.32 Å². The lowest BCUT2D eigenvalue weighted by Gasteiger charge is -2.05. The molecule has 0 unspecified atom stereocenters. The van der Waals surface area contributed by atoms with E-state index < -0.39 is 0 Å². The molecular weight excluding hydrogens is 198 g/mol. The molecule has 3 heteroatoms. The minimum atomic E-state index is 0.736. The first kappa shape index (κ1) is 11.5. The van der Waals surface area contributed by atoms with Crippen LogP contribution in [0.3, 0.4) is 0 Å². The van der Waals surface area contributed by atoms with Gasteiger partial charge in [-0.25, -0.2) is 0 Å². The summed E-state index contributed by atoms with van der Waals surface area (Å²) in [6, 6.07) is 6.07. The maximum absolute atomic E-state index is 5.94. The fraction of sp³-hybridized carbons (Fsp3) is 0.455. The van der Waals surface area contributed by atoms with Crippen molar-refractivity contribution >= 4 is 11.6 Å². The molecule has 0 saturated heterocycles. The van der Waals surface area contributed by atoms with Gasteiger partial charge in [-0.05, 0) is 30.2 Å². The monoisotopic (exact) mass is 213 g/mol. The Morgan fingerprint density at radius 3 is 2.79 bits per heavy atom. The largest absolute Gasteiger partial charge is 0.383 e. The van der Waals surface area contributed by atoms with Gasteiger partial charge < -0.3 is 10.1 Å². The van der Waals surface area contributed by atoms with Gasteiger partial charge >= 0.3 is 0 Å². The highest BCUT2D eigenvalue weighted by Crippen LogP contribution is 2.14. The van der Waals surface area contributed by atoms with Crippen LogP contribution in [0.1, 0.15) is 11.1 Å². The van der Waals surface area contributed by atoms with Crippen molar-refractivity contribution < 1.29 is 4.74 Å². The summed E-state index contributed by atoms with van der Waals surface area (Å²) < 4.78 is 4.94. The molecule has 0 radical (unpaired) electrons. The van der Waals surface area contributed by atoms with Gasteiger partial charge in [-0.2, -0.15) is 0 Å². The van der Waals surface area contributed by atoms with Crippen LogP contribution in [0, 0.1) is 6.92 Å². The molecule has 0 fully saturated rings. The van der Waals surface area contributed by atoms with Gasteiger partial charge in [0.15, 0.2) is 0 Å². The number of nitrogens with one attached hydrogen (secondary N) is 1. The average Bonchev–Trinajstić information content (AvgIpc) is 2.11. The molecule has 14 heavy (non-hydrogen) atoms. The Morgan fingerprint density at radius 2 is 2.14 bits per heavy atom. The molecule has 1 rings (SSSR count). The van der Waals surface area contributed by atoms with Crippen molar-refractivity contribution in [3.63, 3.8) is 0 Å². The Morgan fingerprint density at radius 1 is 1.36 bits per heavy atom. The number of hydrogen-bond donors (Lipinski definition) is 1. The summed E-state index contributed by atoms with van der Waals surface area (Å²) in [5, 5.41) is 4.07. The summed E-state index contributed by atoms with van der Waals surface area (Å²) in [4.78, 5) is 0. The maximum atomic E-state index is 5.94. The van der Waals surface area contributed by atoms with Crippen LogP contribution in [-0.4, -0.2) is 20.3 Å². The van der Waals surface area contributed by atoms with Gasteiger partial charge in [-0.1, -0.05) is 17.7 Å². The van der Waals surface area contributed by atoms with Crippen molar-refractivity contribution in [3.05, 3.63) is 34.3 Å². The highest BCUT2D eigenvalue weighted by atomic mass is 35.5. The molecule has 0 aliphatic rings. The third-order valence-electron chi connectivity index (χ3n) is 1.91. The summed E-state index contributed by atoms with van der Waals surface area (Å²) in [6.45, 7) is 4.48. The van der Waals surface area contributed by atoms with Crippen molar-refractivity contribution in [3.8, 4) is 0 Å². The molecule has 0 aliphatic heterocycles. The first-order chi connectivity index (χ1) is 6.72. The zero-order valence-electron chi connectivity index (χ0n) is 8.64. The van der Waals surface area contributed by atoms with Gasteiger partial charge in [0.25, 0.3) is 0 Å². The highest BCUT2D eigenvalue weighted by molar-refractivity contribution is 6.30. The fourth-order valence-corrected chi connectivity index (χ4v) is 1.63. The minimum absolute atomic E-state index is 0.736. The Bertz CT molecular complexity index is 268. The third kappa shape index (κ3) is 4.09. The molecule has 0 saturated carbocycles. The molecule has 0 heterocycles. The van der Waals surface area contributed by atoms with E-state index in [4.69, 9.17) is 16.3 Å². The summed E-state index contributed by atoms with van der Waals surface area (Å²) in [5.74, 6) is 0. The molecule has 0 amide bonds. The molecule has 0 atom stereocenters. The normalized spacial score (nSPS) is 10.5. The Kier molecular flexibility index (Phi) is 4.94. The van der Waals surface area contributed by atoms with Crippen LogP contribution in [0.15, 0.2) is 18.2 Å². The van der Waals surface area contributed by atoms with Crippen LogP contribution in [0.2, 0.25) is 5.02 Å². The van der Waals surface area contributed by atoms with E-state index in [-0.39, 0.29) is 0 Å². The lowest BCUT2D eigenvalue weighted by atomic mass is 10.1. The van der Waals surface area contributed by atoms with Gasteiger partial charge in [0.2, 0.25) is 0 Å². The topological polar surface area (TPSA) is 21.3 Å². The Balaban J connectivity index is 2.42. The van der Waals surface area contributed by atoms with Crippen molar-refractivity contribution in [1.82, 2.24) is 5.32 Å². The van der Waals surface area contributed by atoms with Crippen molar-refractivity contribution in [2.24, 2.45) is 0 Å². The second-order valence-corrected chi connectivity index (χ2v) is 3.74. The minimum Gasteiger partial charge on any atom is -0.383 e. The number of hydrogen-bond acceptors (Lipinski definition) is 2. The number of rotatable bonds is 5. The van der Waals surface area contributed by atoms with E-state index in [0.29, 0.717) is 0 Å². The molecular formula is C11H16ClNO. The number of benzene rings is 1. The van der Waals surface area contributed by atoms with Crippen molar-refractivity contribution in [2.75, 3.05) is 20.3 Å². The SMILES string of the molecule is COCCNCc1cc(C)cc(Cl)c1. The summed E-state index contributed by atoms with van der Waals surface area (Å²) >= 11 is 5.94. The second-order valence-electron chi connectivity index (χ2n) is 3.31. The van der Waals surface area contributed by atoms with E-state index in [9.17, 15) is 0 Å². The molecule has 0 spiro atoms. The molecule has 0 aromatic heterocycles. The third-order valence-corrected chi connectivity index (χ3v) is 2.13. The second kappa shape index (κ2) is 6.02. The fourth-order valence-electron chi connectivity index (χ4n) is 1.32. The predicted molar refractivity (Wildman–Crippen MR) is 59.8 cm³/mol. The van der Waals surface area contributed by atoms with Gasteiger partial charge in [0.05, 0.1) is 6.61 Å². The molecule has 1 N–H and O–H groups in total. The van der Waals surface area contributed by atoms with Gasteiger partial charge in [0.1, 0.15) is 0 Å². The zero-order valence-corrected chi connectivity index (χ0v) is 9.40. The zero-order chi connectivity index (χ0) is 10.4. The van der Waals surface area contributed by atoms with Crippen LogP contribution in [0.25, 0.3) is 0 Å². The highest BCUT2D eigenvalue weighted by Gasteiger charge is 1.96. The Labute approximate surface area is 90.2 Å². The standard InChI is InChI=1S/C11H16ClNO/c1-9-5-10(7-11(12)6-9)8-13-3-4-14-2/h5-7,13H,3-4,8H2,1-2H3. The first-order valence-electron chi connectivity index (χ1n) is 4.68. The maximum Gasteiger partial charge on any atom is 0.0587 e. The van der Waals surface area contributed by atoms with Crippen LogP contribution in [0.5, 0.6) is 0 Å². The van der Waals surface area contributed by atoms with Crippen molar-refractivity contribution in [2.45, 2.75) is 13.5 Å². The molecule has 2 nitrogen and oxygen atoms in total. The number of ether oxygens (including phenoxy) is 1.